The van der Waals surface area contributed by atoms with Crippen molar-refractivity contribution in [2.45, 2.75) is 27.3 Å². The Morgan fingerprint density at radius 2 is 2.00 bits per heavy atom. The maximum Gasteiger partial charge on any atom is 0.329 e. The number of ketones is 1. The highest BCUT2D eigenvalue weighted by atomic mass is 32.1. The molecule has 0 aliphatic heterocycles. The topological polar surface area (TPSA) is 114 Å². The van der Waals surface area contributed by atoms with E-state index in [2.05, 4.69) is 15.3 Å². The highest BCUT2D eigenvalue weighted by Crippen LogP contribution is 2.23. The van der Waals surface area contributed by atoms with Gasteiger partial charge in [0.2, 0.25) is 5.91 Å². The van der Waals surface area contributed by atoms with Gasteiger partial charge in [-0.3, -0.25) is 23.9 Å². The summed E-state index contributed by atoms with van der Waals surface area (Å²) in [5.41, 5.74) is -0.634. The number of nitrogens with zero attached hydrogens (tertiary/aromatic N) is 2. The summed E-state index contributed by atoms with van der Waals surface area (Å²) in [7, 11) is 0. The van der Waals surface area contributed by atoms with Crippen LogP contribution in [0.5, 0.6) is 0 Å². The maximum atomic E-state index is 12.4. The van der Waals surface area contributed by atoms with Crippen molar-refractivity contribution >= 4 is 49.7 Å². The minimum Gasteiger partial charge on any atom is -0.300 e. The molecule has 0 aliphatic carbocycles. The number of carbonyl (C=O) groups excluding carboxylic acids is 2. The van der Waals surface area contributed by atoms with E-state index in [0.717, 1.165) is 20.8 Å². The van der Waals surface area contributed by atoms with Gasteiger partial charge in [0, 0.05) is 11.8 Å². The molecular weight excluding hydrogens is 364 g/mol. The van der Waals surface area contributed by atoms with E-state index < -0.39 is 23.7 Å². The average molecular weight is 378 g/mol. The number of carbonyl (C=O) groups is 2. The van der Waals surface area contributed by atoms with Crippen molar-refractivity contribution in [1.82, 2.24) is 14.5 Å². The van der Waals surface area contributed by atoms with Gasteiger partial charge in [-0.15, -0.1) is 11.3 Å². The SMILES string of the molecule is CC(=O)c1sc(NC(=O)Cn2c(=O)[nH]c3sc(C)cc3c2=O)nc1C. The van der Waals surface area contributed by atoms with Gasteiger partial charge >= 0.3 is 5.69 Å². The van der Waals surface area contributed by atoms with Crippen LogP contribution in [0.2, 0.25) is 0 Å². The van der Waals surface area contributed by atoms with Crippen molar-refractivity contribution in [2.75, 3.05) is 5.32 Å². The molecule has 0 saturated carbocycles. The molecule has 0 radical (unpaired) electrons. The fourth-order valence-electron chi connectivity index (χ4n) is 2.39. The minimum atomic E-state index is -0.644. The number of fused-ring (bicyclic) bond motifs is 1. The second kappa shape index (κ2) is 6.37. The Morgan fingerprint density at radius 1 is 1.28 bits per heavy atom. The number of thiazole rings is 1. The van der Waals surface area contributed by atoms with Crippen molar-refractivity contribution in [3.8, 4) is 0 Å². The van der Waals surface area contributed by atoms with E-state index in [1.54, 1.807) is 13.0 Å². The lowest BCUT2D eigenvalue weighted by molar-refractivity contribution is -0.116. The Balaban J connectivity index is 1.87. The molecule has 3 rings (SSSR count). The van der Waals surface area contributed by atoms with E-state index in [-0.39, 0.29) is 10.9 Å². The van der Waals surface area contributed by atoms with Gasteiger partial charge in [0.15, 0.2) is 10.9 Å². The molecule has 0 spiro atoms. The molecule has 0 fully saturated rings. The highest BCUT2D eigenvalue weighted by molar-refractivity contribution is 7.18. The lowest BCUT2D eigenvalue weighted by Crippen LogP contribution is -2.38. The van der Waals surface area contributed by atoms with E-state index >= 15 is 0 Å². The number of thiophene rings is 1. The normalized spacial score (nSPS) is 11.0. The summed E-state index contributed by atoms with van der Waals surface area (Å²) in [4.78, 5) is 56.7. The molecule has 2 N–H and O–H groups in total. The van der Waals surface area contributed by atoms with Gasteiger partial charge < -0.3 is 5.32 Å². The number of amides is 1. The van der Waals surface area contributed by atoms with Gasteiger partial charge in [-0.2, -0.15) is 0 Å². The van der Waals surface area contributed by atoms with Crippen LogP contribution < -0.4 is 16.6 Å². The van der Waals surface area contributed by atoms with Gasteiger partial charge in [-0.1, -0.05) is 11.3 Å². The molecule has 0 atom stereocenters. The summed E-state index contributed by atoms with van der Waals surface area (Å²) >= 11 is 2.36. The summed E-state index contributed by atoms with van der Waals surface area (Å²) in [6, 6.07) is 1.68. The monoisotopic (exact) mass is 378 g/mol. The summed E-state index contributed by atoms with van der Waals surface area (Å²) < 4.78 is 0.843. The smallest absolute Gasteiger partial charge is 0.300 e. The number of aromatic nitrogens is 3. The van der Waals surface area contributed by atoms with Crippen LogP contribution in [0.1, 0.15) is 27.2 Å². The number of hydrogen-bond donors (Lipinski definition) is 2. The Labute approximate surface area is 149 Å². The van der Waals surface area contributed by atoms with Crippen LogP contribution in [0.15, 0.2) is 15.7 Å². The van der Waals surface area contributed by atoms with Crippen LogP contribution in [0.3, 0.4) is 0 Å². The number of H-pyrrole nitrogens is 1. The second-order valence-electron chi connectivity index (χ2n) is 5.46. The number of anilines is 1. The van der Waals surface area contributed by atoms with Crippen molar-refractivity contribution in [2.24, 2.45) is 0 Å². The van der Waals surface area contributed by atoms with Crippen LogP contribution in [0.25, 0.3) is 10.2 Å². The quantitative estimate of drug-likeness (QED) is 0.670. The standard InChI is InChI=1S/C15H14N4O4S2/c1-6-4-9-12(24-6)18-15(23)19(13(9)22)5-10(21)17-14-16-7(2)11(25-14)8(3)20/h4H,5H2,1-3H3,(H,18,23)(H,16,17,21). The predicted octanol–water partition coefficient (Wildman–Crippen LogP) is 1.67. The Kier molecular flexibility index (Phi) is 4.39. The maximum absolute atomic E-state index is 12.4. The third-order valence-corrected chi connectivity index (χ3v) is 5.60. The van der Waals surface area contributed by atoms with Crippen molar-refractivity contribution in [1.29, 1.82) is 0 Å². The first-order valence-corrected chi connectivity index (χ1v) is 8.91. The van der Waals surface area contributed by atoms with Crippen LogP contribution in [0.4, 0.5) is 5.13 Å². The number of rotatable bonds is 4. The molecule has 3 aromatic rings. The minimum absolute atomic E-state index is 0.138. The second-order valence-corrected chi connectivity index (χ2v) is 7.71. The zero-order valence-corrected chi connectivity index (χ0v) is 15.3. The molecule has 130 valence electrons. The molecule has 0 aliphatic rings. The van der Waals surface area contributed by atoms with Gasteiger partial charge in [0.25, 0.3) is 5.56 Å². The van der Waals surface area contributed by atoms with Gasteiger partial charge in [0.1, 0.15) is 11.4 Å². The van der Waals surface area contributed by atoms with E-state index in [4.69, 9.17) is 0 Å². The van der Waals surface area contributed by atoms with Crippen LogP contribution in [-0.2, 0) is 11.3 Å². The summed E-state index contributed by atoms with van der Waals surface area (Å²) in [5.74, 6) is -0.704. The molecule has 1 amide bonds. The van der Waals surface area contributed by atoms with E-state index in [1.165, 1.54) is 18.3 Å². The van der Waals surface area contributed by atoms with Crippen molar-refractivity contribution in [3.05, 3.63) is 42.4 Å². The molecule has 10 heteroatoms. The zero-order valence-electron chi connectivity index (χ0n) is 13.6. The molecule has 0 bridgehead atoms. The fraction of sp³-hybridized carbons (Fsp3) is 0.267. The third kappa shape index (κ3) is 3.30. The number of Topliss-reactive ketones (excluding diaryl/α,β-unsaturated/α-hetero) is 1. The Hall–Kier alpha value is -2.59. The number of aromatic amines is 1. The summed E-state index contributed by atoms with van der Waals surface area (Å²) in [5, 5.41) is 3.15. The van der Waals surface area contributed by atoms with Gasteiger partial charge in [0.05, 0.1) is 16.0 Å². The molecule has 3 aromatic heterocycles. The van der Waals surface area contributed by atoms with E-state index in [1.807, 2.05) is 6.92 Å². The lowest BCUT2D eigenvalue weighted by Gasteiger charge is -2.04. The summed E-state index contributed by atoms with van der Waals surface area (Å²) in [6.45, 7) is 4.48. The first-order valence-electron chi connectivity index (χ1n) is 7.27. The predicted molar refractivity (Wildman–Crippen MR) is 96.9 cm³/mol. The third-order valence-electron chi connectivity index (χ3n) is 3.46. The Bertz CT molecular complexity index is 1120. The highest BCUT2D eigenvalue weighted by Gasteiger charge is 2.16. The molecular formula is C15H14N4O4S2. The molecule has 0 aromatic carbocycles. The molecule has 3 heterocycles. The molecule has 0 unspecified atom stereocenters. The summed E-state index contributed by atoms with van der Waals surface area (Å²) in [6.07, 6.45) is 0. The van der Waals surface area contributed by atoms with E-state index in [9.17, 15) is 19.2 Å². The van der Waals surface area contributed by atoms with Gasteiger partial charge in [-0.05, 0) is 19.9 Å². The molecule has 25 heavy (non-hydrogen) atoms. The first-order chi connectivity index (χ1) is 11.8. The van der Waals surface area contributed by atoms with Gasteiger partial charge in [-0.25, -0.2) is 9.78 Å². The molecule has 8 nitrogen and oxygen atoms in total. The number of aryl methyl sites for hydroxylation is 2. The van der Waals surface area contributed by atoms with Crippen molar-refractivity contribution in [3.63, 3.8) is 0 Å². The van der Waals surface area contributed by atoms with Crippen LogP contribution in [-0.4, -0.2) is 26.2 Å². The Morgan fingerprint density at radius 3 is 2.64 bits per heavy atom. The average Bonchev–Trinajstić information content (AvgIpc) is 3.06. The van der Waals surface area contributed by atoms with Crippen molar-refractivity contribution < 1.29 is 9.59 Å². The van der Waals surface area contributed by atoms with E-state index in [0.29, 0.717) is 20.8 Å². The zero-order chi connectivity index (χ0) is 18.3. The van der Waals surface area contributed by atoms with Crippen LogP contribution in [0, 0.1) is 13.8 Å². The largest absolute Gasteiger partial charge is 0.329 e. The van der Waals surface area contributed by atoms with Crippen LogP contribution >= 0.6 is 22.7 Å². The number of nitrogens with one attached hydrogen (secondary N) is 2. The lowest BCUT2D eigenvalue weighted by atomic mass is 10.3. The molecule has 0 saturated heterocycles. The first kappa shape index (κ1) is 17.2. The number of hydrogen-bond acceptors (Lipinski definition) is 7. The fourth-order valence-corrected chi connectivity index (χ4v) is 4.16.